The summed E-state index contributed by atoms with van der Waals surface area (Å²) in [6.07, 6.45) is 3.83. The van der Waals surface area contributed by atoms with Crippen LogP contribution in [0.1, 0.15) is 23.6 Å². The van der Waals surface area contributed by atoms with E-state index in [1.54, 1.807) is 0 Å². The van der Waals surface area contributed by atoms with Gasteiger partial charge in [-0.05, 0) is 19.9 Å². The first-order valence-electron chi connectivity index (χ1n) is 6.02. The summed E-state index contributed by atoms with van der Waals surface area (Å²) in [5.74, 6) is 1.31. The van der Waals surface area contributed by atoms with Crippen LogP contribution in [0.3, 0.4) is 0 Å². The molecule has 0 aliphatic heterocycles. The van der Waals surface area contributed by atoms with E-state index in [0.29, 0.717) is 12.5 Å². The van der Waals surface area contributed by atoms with Crippen LogP contribution < -0.4 is 4.74 Å². The van der Waals surface area contributed by atoms with Crippen molar-refractivity contribution >= 4 is 11.6 Å². The molecule has 0 bridgehead atoms. The number of aryl methyl sites for hydroxylation is 2. The average molecular weight is 265 g/mol. The minimum Gasteiger partial charge on any atom is -0.488 e. The van der Waals surface area contributed by atoms with Gasteiger partial charge >= 0.3 is 0 Å². The third-order valence-electron chi connectivity index (χ3n) is 2.77. The first kappa shape index (κ1) is 13.0. The lowest BCUT2D eigenvalue weighted by Gasteiger charge is -2.09. The number of aromatic nitrogens is 2. The summed E-state index contributed by atoms with van der Waals surface area (Å²) >= 11 is 5.92. The second-order valence-corrected chi connectivity index (χ2v) is 4.51. The Bertz CT molecular complexity index is 522. The maximum Gasteiger partial charge on any atom is 0.124 e. The largest absolute Gasteiger partial charge is 0.488 e. The quantitative estimate of drug-likeness (QED) is 0.773. The van der Waals surface area contributed by atoms with Crippen molar-refractivity contribution in [2.24, 2.45) is 0 Å². The lowest BCUT2D eigenvalue weighted by molar-refractivity contribution is 0.303. The molecular weight excluding hydrogens is 248 g/mol. The van der Waals surface area contributed by atoms with Crippen LogP contribution in [-0.4, -0.2) is 9.78 Å². The highest BCUT2D eigenvalue weighted by Gasteiger charge is 2.04. The van der Waals surface area contributed by atoms with E-state index in [1.165, 1.54) is 5.56 Å². The van der Waals surface area contributed by atoms with E-state index in [4.69, 9.17) is 16.3 Å². The summed E-state index contributed by atoms with van der Waals surface area (Å²) < 4.78 is 7.67. The van der Waals surface area contributed by atoms with Crippen LogP contribution in [0.25, 0.3) is 0 Å². The zero-order valence-electron chi connectivity index (χ0n) is 10.7. The number of hydrogen-bond donors (Lipinski definition) is 0. The van der Waals surface area contributed by atoms with Crippen molar-refractivity contribution in [2.75, 3.05) is 0 Å². The standard InChI is InChI=1S/C14H17ClN2O/c1-3-17-9-12(8-16-17)10-18-14-5-4-11(2)6-13(14)7-15/h4-6,8-9H,3,7,10H2,1-2H3. The fourth-order valence-electron chi connectivity index (χ4n) is 1.77. The number of halogens is 1. The van der Waals surface area contributed by atoms with Crippen molar-refractivity contribution < 1.29 is 4.74 Å². The molecule has 4 heteroatoms. The van der Waals surface area contributed by atoms with Gasteiger partial charge in [-0.25, -0.2) is 0 Å². The molecule has 0 saturated heterocycles. The zero-order chi connectivity index (χ0) is 13.0. The Hall–Kier alpha value is -1.48. The topological polar surface area (TPSA) is 27.1 Å². The van der Waals surface area contributed by atoms with Crippen LogP contribution in [0.4, 0.5) is 0 Å². The number of nitrogens with zero attached hydrogens (tertiary/aromatic N) is 2. The van der Waals surface area contributed by atoms with Crippen LogP contribution in [0.15, 0.2) is 30.6 Å². The van der Waals surface area contributed by atoms with Crippen molar-refractivity contribution in [3.8, 4) is 5.75 Å². The number of rotatable bonds is 5. The van der Waals surface area contributed by atoms with Gasteiger partial charge in [0, 0.05) is 23.9 Å². The van der Waals surface area contributed by atoms with Crippen molar-refractivity contribution in [3.05, 3.63) is 47.3 Å². The number of benzene rings is 1. The maximum absolute atomic E-state index is 5.92. The summed E-state index contributed by atoms with van der Waals surface area (Å²) in [5, 5.41) is 4.21. The molecule has 2 aromatic rings. The molecule has 0 N–H and O–H groups in total. The average Bonchev–Trinajstić information content (AvgIpc) is 2.85. The molecule has 0 atom stereocenters. The van der Waals surface area contributed by atoms with E-state index in [0.717, 1.165) is 23.4 Å². The van der Waals surface area contributed by atoms with E-state index in [9.17, 15) is 0 Å². The van der Waals surface area contributed by atoms with Gasteiger partial charge in [0.05, 0.1) is 12.1 Å². The van der Waals surface area contributed by atoms with Crippen molar-refractivity contribution in [3.63, 3.8) is 0 Å². The SMILES string of the molecule is CCn1cc(COc2ccc(C)cc2CCl)cn1. The highest BCUT2D eigenvalue weighted by atomic mass is 35.5. The van der Waals surface area contributed by atoms with Crippen LogP contribution >= 0.6 is 11.6 Å². The van der Waals surface area contributed by atoms with Crippen molar-refractivity contribution in [1.82, 2.24) is 9.78 Å². The van der Waals surface area contributed by atoms with Gasteiger partial charge in [-0.1, -0.05) is 17.7 Å². The van der Waals surface area contributed by atoms with Crippen LogP contribution in [0, 0.1) is 6.92 Å². The molecule has 18 heavy (non-hydrogen) atoms. The molecular formula is C14H17ClN2O. The fraction of sp³-hybridized carbons (Fsp3) is 0.357. The highest BCUT2D eigenvalue weighted by molar-refractivity contribution is 6.17. The summed E-state index contributed by atoms with van der Waals surface area (Å²) in [7, 11) is 0. The molecule has 0 aliphatic rings. The van der Waals surface area contributed by atoms with E-state index >= 15 is 0 Å². The van der Waals surface area contributed by atoms with E-state index in [2.05, 4.69) is 18.1 Å². The zero-order valence-corrected chi connectivity index (χ0v) is 11.4. The fourth-order valence-corrected chi connectivity index (χ4v) is 1.98. The van der Waals surface area contributed by atoms with Crippen LogP contribution in [0.2, 0.25) is 0 Å². The Morgan fingerprint density at radius 3 is 2.89 bits per heavy atom. The minimum absolute atomic E-state index is 0.464. The predicted molar refractivity (Wildman–Crippen MR) is 73.0 cm³/mol. The molecule has 2 rings (SSSR count). The van der Waals surface area contributed by atoms with Crippen molar-refractivity contribution in [1.29, 1.82) is 0 Å². The van der Waals surface area contributed by atoms with Gasteiger partial charge < -0.3 is 4.74 Å². The molecule has 3 nitrogen and oxygen atoms in total. The molecule has 0 saturated carbocycles. The normalized spacial score (nSPS) is 10.6. The van der Waals surface area contributed by atoms with Crippen LogP contribution in [0.5, 0.6) is 5.75 Å². The molecule has 0 fully saturated rings. The summed E-state index contributed by atoms with van der Waals surface area (Å²) in [4.78, 5) is 0. The Morgan fingerprint density at radius 1 is 1.39 bits per heavy atom. The molecule has 1 aromatic heterocycles. The van der Waals surface area contributed by atoms with Crippen LogP contribution in [-0.2, 0) is 19.0 Å². The van der Waals surface area contributed by atoms with Gasteiger partial charge in [0.15, 0.2) is 0 Å². The smallest absolute Gasteiger partial charge is 0.124 e. The maximum atomic E-state index is 5.92. The Morgan fingerprint density at radius 2 is 2.22 bits per heavy atom. The van der Waals surface area contributed by atoms with Gasteiger partial charge in [-0.3, -0.25) is 4.68 Å². The van der Waals surface area contributed by atoms with Crippen molar-refractivity contribution in [2.45, 2.75) is 32.9 Å². The molecule has 0 spiro atoms. The molecule has 0 amide bonds. The summed E-state index contributed by atoms with van der Waals surface area (Å²) in [6, 6.07) is 6.05. The van der Waals surface area contributed by atoms with E-state index in [-0.39, 0.29) is 0 Å². The van der Waals surface area contributed by atoms with Gasteiger partial charge in [-0.15, -0.1) is 11.6 Å². The van der Waals surface area contributed by atoms with E-state index < -0.39 is 0 Å². The monoisotopic (exact) mass is 264 g/mol. The molecule has 1 heterocycles. The summed E-state index contributed by atoms with van der Waals surface area (Å²) in [5.41, 5.74) is 3.29. The van der Waals surface area contributed by atoms with Gasteiger partial charge in [0.2, 0.25) is 0 Å². The van der Waals surface area contributed by atoms with E-state index in [1.807, 2.05) is 36.1 Å². The predicted octanol–water partition coefficient (Wildman–Crippen LogP) is 3.53. The Balaban J connectivity index is 2.05. The molecule has 0 aliphatic carbocycles. The second kappa shape index (κ2) is 5.91. The third-order valence-corrected chi connectivity index (χ3v) is 3.05. The Labute approximate surface area is 112 Å². The number of hydrogen-bond acceptors (Lipinski definition) is 2. The first-order chi connectivity index (χ1) is 8.72. The highest BCUT2D eigenvalue weighted by Crippen LogP contribution is 2.22. The minimum atomic E-state index is 0.464. The summed E-state index contributed by atoms with van der Waals surface area (Å²) in [6.45, 7) is 5.50. The third kappa shape index (κ3) is 3.05. The Kier molecular flexibility index (Phi) is 4.26. The number of alkyl halides is 1. The van der Waals surface area contributed by atoms with Gasteiger partial charge in [0.1, 0.15) is 12.4 Å². The lowest BCUT2D eigenvalue weighted by Crippen LogP contribution is -1.98. The first-order valence-corrected chi connectivity index (χ1v) is 6.56. The number of ether oxygens (including phenoxy) is 1. The molecule has 0 radical (unpaired) electrons. The second-order valence-electron chi connectivity index (χ2n) is 4.24. The molecule has 0 unspecified atom stereocenters. The van der Waals surface area contributed by atoms with Gasteiger partial charge in [-0.2, -0.15) is 5.10 Å². The van der Waals surface area contributed by atoms with Gasteiger partial charge in [0.25, 0.3) is 0 Å². The molecule has 96 valence electrons. The molecule has 1 aromatic carbocycles. The lowest BCUT2D eigenvalue weighted by atomic mass is 10.1.